The lowest BCUT2D eigenvalue weighted by Gasteiger charge is -2.13. The number of primary amides is 1. The molecule has 0 unspecified atom stereocenters. The zero-order valence-electron chi connectivity index (χ0n) is 11.1. The Morgan fingerprint density at radius 2 is 1.68 bits per heavy atom. The van der Waals surface area contributed by atoms with Gasteiger partial charge in [0, 0.05) is 5.56 Å². The monoisotopic (exact) mass is 255 g/mol. The second-order valence-corrected chi connectivity index (χ2v) is 4.58. The van der Waals surface area contributed by atoms with E-state index in [9.17, 15) is 4.79 Å². The highest BCUT2D eigenvalue weighted by Gasteiger charge is 2.09. The van der Waals surface area contributed by atoms with E-state index in [4.69, 9.17) is 10.5 Å². The lowest BCUT2D eigenvalue weighted by molar-refractivity contribution is 0.1000. The first-order chi connectivity index (χ1) is 9.08. The van der Waals surface area contributed by atoms with Crippen LogP contribution in [0.2, 0.25) is 0 Å². The summed E-state index contributed by atoms with van der Waals surface area (Å²) in [7, 11) is 0. The van der Waals surface area contributed by atoms with E-state index in [0.717, 1.165) is 22.4 Å². The third-order valence-corrected chi connectivity index (χ3v) is 2.97. The Morgan fingerprint density at radius 1 is 1.11 bits per heavy atom. The van der Waals surface area contributed by atoms with Gasteiger partial charge in [-0.1, -0.05) is 30.3 Å². The van der Waals surface area contributed by atoms with Crippen molar-refractivity contribution in [3.05, 3.63) is 64.7 Å². The summed E-state index contributed by atoms with van der Waals surface area (Å²) < 4.78 is 5.84. The van der Waals surface area contributed by atoms with E-state index >= 15 is 0 Å². The van der Waals surface area contributed by atoms with Gasteiger partial charge >= 0.3 is 0 Å². The van der Waals surface area contributed by atoms with Gasteiger partial charge in [0.2, 0.25) is 5.91 Å². The summed E-state index contributed by atoms with van der Waals surface area (Å²) >= 11 is 0. The average molecular weight is 255 g/mol. The normalized spacial score (nSPS) is 10.2. The summed E-state index contributed by atoms with van der Waals surface area (Å²) in [5, 5.41) is 0. The topological polar surface area (TPSA) is 52.3 Å². The minimum absolute atomic E-state index is 0.416. The van der Waals surface area contributed by atoms with Crippen LogP contribution < -0.4 is 10.5 Å². The molecule has 1 amide bonds. The molecule has 0 aliphatic heterocycles. The fourth-order valence-corrected chi connectivity index (χ4v) is 2.05. The Kier molecular flexibility index (Phi) is 3.85. The van der Waals surface area contributed by atoms with E-state index in [1.54, 1.807) is 12.1 Å². The van der Waals surface area contributed by atoms with Gasteiger partial charge in [0.1, 0.15) is 12.4 Å². The summed E-state index contributed by atoms with van der Waals surface area (Å²) in [4.78, 5) is 11.2. The van der Waals surface area contributed by atoms with E-state index < -0.39 is 5.91 Å². The van der Waals surface area contributed by atoms with E-state index in [0.29, 0.717) is 12.2 Å². The third-order valence-electron chi connectivity index (χ3n) is 2.97. The molecule has 0 atom stereocenters. The average Bonchev–Trinajstić information content (AvgIpc) is 2.38. The molecule has 98 valence electrons. The van der Waals surface area contributed by atoms with Gasteiger partial charge in [-0.05, 0) is 42.7 Å². The molecule has 0 radical (unpaired) electrons. The van der Waals surface area contributed by atoms with Crippen LogP contribution in [0.5, 0.6) is 5.75 Å². The van der Waals surface area contributed by atoms with Crippen LogP contribution in [-0.2, 0) is 6.61 Å². The fourth-order valence-electron chi connectivity index (χ4n) is 2.05. The number of nitrogens with two attached hydrogens (primary N) is 1. The molecule has 0 aromatic heterocycles. The number of amides is 1. The molecule has 19 heavy (non-hydrogen) atoms. The Morgan fingerprint density at radius 3 is 2.21 bits per heavy atom. The summed E-state index contributed by atoms with van der Waals surface area (Å²) in [6.45, 7) is 4.35. The Balaban J connectivity index is 2.19. The van der Waals surface area contributed by atoms with Crippen molar-refractivity contribution in [2.24, 2.45) is 5.73 Å². The van der Waals surface area contributed by atoms with Crippen molar-refractivity contribution >= 4 is 5.91 Å². The Labute approximate surface area is 113 Å². The minimum Gasteiger partial charge on any atom is -0.488 e. The first-order valence-electron chi connectivity index (χ1n) is 6.15. The lowest BCUT2D eigenvalue weighted by Crippen LogP contribution is -2.12. The molecule has 0 fully saturated rings. The Hall–Kier alpha value is -2.29. The predicted molar refractivity (Wildman–Crippen MR) is 75.2 cm³/mol. The maximum Gasteiger partial charge on any atom is 0.248 e. The lowest BCUT2D eigenvalue weighted by atomic mass is 10.1. The fraction of sp³-hybridized carbons (Fsp3) is 0.188. The van der Waals surface area contributed by atoms with Crippen LogP contribution in [0.1, 0.15) is 27.0 Å². The smallest absolute Gasteiger partial charge is 0.248 e. The highest BCUT2D eigenvalue weighted by atomic mass is 16.5. The van der Waals surface area contributed by atoms with Crippen molar-refractivity contribution in [3.63, 3.8) is 0 Å². The van der Waals surface area contributed by atoms with Gasteiger partial charge in [-0.3, -0.25) is 4.79 Å². The van der Waals surface area contributed by atoms with Crippen molar-refractivity contribution in [1.82, 2.24) is 0 Å². The number of rotatable bonds is 4. The maximum atomic E-state index is 11.2. The quantitative estimate of drug-likeness (QED) is 0.913. The maximum absolute atomic E-state index is 11.2. The molecule has 0 spiro atoms. The predicted octanol–water partition coefficient (Wildman–Crippen LogP) is 2.98. The molecule has 0 saturated heterocycles. The molecule has 2 rings (SSSR count). The molecule has 2 aromatic carbocycles. The number of carbonyl (C=O) groups excluding carboxylic acids is 1. The molecule has 2 N–H and O–H groups in total. The van der Waals surface area contributed by atoms with E-state index in [1.807, 2.05) is 44.2 Å². The van der Waals surface area contributed by atoms with E-state index in [1.165, 1.54) is 0 Å². The zero-order valence-corrected chi connectivity index (χ0v) is 11.1. The summed E-state index contributed by atoms with van der Waals surface area (Å²) in [5.41, 5.74) is 8.76. The molecule has 0 aliphatic rings. The molecule has 0 aliphatic carbocycles. The van der Waals surface area contributed by atoms with Gasteiger partial charge in [0.05, 0.1) is 0 Å². The number of carbonyl (C=O) groups is 1. The van der Waals surface area contributed by atoms with Crippen molar-refractivity contribution < 1.29 is 9.53 Å². The van der Waals surface area contributed by atoms with Gasteiger partial charge in [-0.2, -0.15) is 0 Å². The highest BCUT2D eigenvalue weighted by Crippen LogP contribution is 2.25. The molecule has 3 nitrogen and oxygen atoms in total. The first kappa shape index (κ1) is 13.1. The second-order valence-electron chi connectivity index (χ2n) is 4.58. The van der Waals surface area contributed by atoms with Crippen LogP contribution in [0.25, 0.3) is 0 Å². The highest BCUT2D eigenvalue weighted by molar-refractivity contribution is 5.93. The molecular formula is C16H17NO2. The Bertz CT molecular complexity index is 568. The first-order valence-corrected chi connectivity index (χ1v) is 6.15. The largest absolute Gasteiger partial charge is 0.488 e. The molecule has 0 saturated carbocycles. The summed E-state index contributed by atoms with van der Waals surface area (Å²) in [5.74, 6) is 0.398. The number of aryl methyl sites for hydroxylation is 2. The van der Waals surface area contributed by atoms with E-state index in [2.05, 4.69) is 0 Å². The van der Waals surface area contributed by atoms with Gasteiger partial charge in [-0.25, -0.2) is 0 Å². The number of ether oxygens (including phenoxy) is 1. The van der Waals surface area contributed by atoms with Gasteiger partial charge in [-0.15, -0.1) is 0 Å². The van der Waals surface area contributed by atoms with Crippen molar-refractivity contribution in [2.75, 3.05) is 0 Å². The number of benzene rings is 2. The van der Waals surface area contributed by atoms with Gasteiger partial charge < -0.3 is 10.5 Å². The SMILES string of the molecule is Cc1cc(C(N)=O)cc(C)c1OCc1ccccc1. The van der Waals surface area contributed by atoms with Crippen LogP contribution in [0, 0.1) is 13.8 Å². The number of hydrogen-bond donors (Lipinski definition) is 1. The van der Waals surface area contributed by atoms with Crippen LogP contribution in [-0.4, -0.2) is 5.91 Å². The van der Waals surface area contributed by atoms with E-state index in [-0.39, 0.29) is 0 Å². The molecule has 2 aromatic rings. The van der Waals surface area contributed by atoms with Gasteiger partial charge in [0.15, 0.2) is 0 Å². The summed E-state index contributed by atoms with van der Waals surface area (Å²) in [6, 6.07) is 13.5. The van der Waals surface area contributed by atoms with Crippen molar-refractivity contribution in [2.45, 2.75) is 20.5 Å². The summed E-state index contributed by atoms with van der Waals surface area (Å²) in [6.07, 6.45) is 0. The molecule has 3 heteroatoms. The van der Waals surface area contributed by atoms with Crippen LogP contribution >= 0.6 is 0 Å². The van der Waals surface area contributed by atoms with Crippen LogP contribution in [0.3, 0.4) is 0 Å². The molecule has 0 bridgehead atoms. The second kappa shape index (κ2) is 5.57. The molecular weight excluding hydrogens is 238 g/mol. The zero-order chi connectivity index (χ0) is 13.8. The van der Waals surface area contributed by atoms with Gasteiger partial charge in [0.25, 0.3) is 0 Å². The van der Waals surface area contributed by atoms with Crippen molar-refractivity contribution in [1.29, 1.82) is 0 Å². The third kappa shape index (κ3) is 3.13. The van der Waals surface area contributed by atoms with Crippen LogP contribution in [0.4, 0.5) is 0 Å². The number of hydrogen-bond acceptors (Lipinski definition) is 2. The standard InChI is InChI=1S/C16H17NO2/c1-11-8-14(16(17)18)9-12(2)15(11)19-10-13-6-4-3-5-7-13/h3-9H,10H2,1-2H3,(H2,17,18). The van der Waals surface area contributed by atoms with Crippen LogP contribution in [0.15, 0.2) is 42.5 Å². The molecule has 0 heterocycles. The minimum atomic E-state index is -0.416. The van der Waals surface area contributed by atoms with Crippen molar-refractivity contribution in [3.8, 4) is 5.75 Å².